The molecule has 0 radical (unpaired) electrons. The molecule has 0 aliphatic heterocycles. The molecule has 0 saturated carbocycles. The second kappa shape index (κ2) is 2.96. The fourth-order valence-corrected chi connectivity index (χ4v) is 1.49. The molecule has 0 N–H and O–H groups in total. The van der Waals surface area contributed by atoms with E-state index in [0.29, 0.717) is 9.99 Å². The molecule has 0 bridgehead atoms. The SMILES string of the molecule is O=c1c(Br)ccc2cccc(F)n12. The first-order valence-corrected chi connectivity index (χ1v) is 4.45. The average molecular weight is 242 g/mol. The number of halogens is 2. The van der Waals surface area contributed by atoms with Crippen molar-refractivity contribution in [2.75, 3.05) is 0 Å². The van der Waals surface area contributed by atoms with Gasteiger partial charge in [-0.05, 0) is 40.2 Å². The van der Waals surface area contributed by atoms with Gasteiger partial charge in [-0.3, -0.25) is 9.20 Å². The zero-order chi connectivity index (χ0) is 9.42. The third kappa shape index (κ3) is 1.27. The second-order valence-corrected chi connectivity index (χ2v) is 3.45. The lowest BCUT2D eigenvalue weighted by Crippen LogP contribution is -2.16. The molecule has 0 aliphatic carbocycles. The lowest BCUT2D eigenvalue weighted by atomic mass is 10.3. The number of hydrogen-bond acceptors (Lipinski definition) is 1. The Morgan fingerprint density at radius 3 is 2.77 bits per heavy atom. The minimum absolute atomic E-state index is 0.357. The van der Waals surface area contributed by atoms with E-state index in [9.17, 15) is 9.18 Å². The quantitative estimate of drug-likeness (QED) is 0.649. The number of rotatable bonds is 0. The van der Waals surface area contributed by atoms with Crippen molar-refractivity contribution in [2.24, 2.45) is 0 Å². The summed E-state index contributed by atoms with van der Waals surface area (Å²) in [6, 6.07) is 7.78. The molecule has 0 fully saturated rings. The number of nitrogens with zero attached hydrogens (tertiary/aromatic N) is 1. The van der Waals surface area contributed by atoms with E-state index in [0.717, 1.165) is 4.40 Å². The monoisotopic (exact) mass is 241 g/mol. The number of aromatic nitrogens is 1. The highest BCUT2D eigenvalue weighted by Gasteiger charge is 2.03. The smallest absolute Gasteiger partial charge is 0.268 e. The van der Waals surface area contributed by atoms with Crippen LogP contribution in [0, 0.1) is 5.95 Å². The van der Waals surface area contributed by atoms with Crippen LogP contribution in [0.4, 0.5) is 4.39 Å². The Hall–Kier alpha value is -1.16. The van der Waals surface area contributed by atoms with Crippen molar-refractivity contribution in [1.82, 2.24) is 4.40 Å². The van der Waals surface area contributed by atoms with Crippen LogP contribution in [0.1, 0.15) is 0 Å². The fraction of sp³-hybridized carbons (Fsp3) is 0. The van der Waals surface area contributed by atoms with E-state index < -0.39 is 5.95 Å². The van der Waals surface area contributed by atoms with Gasteiger partial charge in [0.15, 0.2) is 0 Å². The molecule has 66 valence electrons. The molecule has 13 heavy (non-hydrogen) atoms. The normalized spacial score (nSPS) is 10.6. The molecule has 0 unspecified atom stereocenters. The van der Waals surface area contributed by atoms with E-state index >= 15 is 0 Å². The molecule has 0 atom stereocenters. The fourth-order valence-electron chi connectivity index (χ4n) is 1.18. The van der Waals surface area contributed by atoms with Crippen molar-refractivity contribution in [2.45, 2.75) is 0 Å². The van der Waals surface area contributed by atoms with Gasteiger partial charge in [0.25, 0.3) is 5.56 Å². The molecule has 4 heteroatoms. The molecule has 2 rings (SSSR count). The van der Waals surface area contributed by atoms with Crippen molar-refractivity contribution in [1.29, 1.82) is 0 Å². The molecule has 0 spiro atoms. The van der Waals surface area contributed by atoms with E-state index in [4.69, 9.17) is 0 Å². The summed E-state index contributed by atoms with van der Waals surface area (Å²) in [5, 5.41) is 0. The maximum atomic E-state index is 13.2. The summed E-state index contributed by atoms with van der Waals surface area (Å²) >= 11 is 3.05. The molecule has 0 amide bonds. The van der Waals surface area contributed by atoms with Crippen molar-refractivity contribution in [3.8, 4) is 0 Å². The van der Waals surface area contributed by atoms with Gasteiger partial charge in [-0.15, -0.1) is 0 Å². The molecule has 2 nitrogen and oxygen atoms in total. The average Bonchev–Trinajstić information content (AvgIpc) is 2.12. The Bertz CT molecular complexity index is 520. The molecule has 2 aromatic rings. The summed E-state index contributed by atoms with van der Waals surface area (Å²) in [7, 11) is 0. The predicted molar refractivity (Wildman–Crippen MR) is 51.3 cm³/mol. The zero-order valence-electron chi connectivity index (χ0n) is 6.50. The largest absolute Gasteiger partial charge is 0.271 e. The van der Waals surface area contributed by atoms with Gasteiger partial charge in [-0.2, -0.15) is 4.39 Å². The van der Waals surface area contributed by atoms with E-state index in [1.54, 1.807) is 24.3 Å². The van der Waals surface area contributed by atoms with Crippen molar-refractivity contribution >= 4 is 21.4 Å². The Balaban J connectivity index is 3.06. The van der Waals surface area contributed by atoms with Crippen LogP contribution >= 0.6 is 15.9 Å². The third-order valence-corrected chi connectivity index (χ3v) is 2.38. The Kier molecular flexibility index (Phi) is 1.92. The van der Waals surface area contributed by atoms with Crippen LogP contribution in [0.25, 0.3) is 5.52 Å². The number of fused-ring (bicyclic) bond motifs is 1. The molecular weight excluding hydrogens is 237 g/mol. The van der Waals surface area contributed by atoms with E-state index in [-0.39, 0.29) is 5.56 Å². The molecule has 0 saturated heterocycles. The summed E-state index contributed by atoms with van der Waals surface area (Å²) in [6.07, 6.45) is 0. The van der Waals surface area contributed by atoms with Gasteiger partial charge in [0.2, 0.25) is 5.95 Å². The minimum Gasteiger partial charge on any atom is -0.268 e. The molecule has 0 aliphatic rings. The van der Waals surface area contributed by atoms with E-state index in [1.165, 1.54) is 6.07 Å². The van der Waals surface area contributed by atoms with Gasteiger partial charge in [0.1, 0.15) is 0 Å². The standard InChI is InChI=1S/C9H5BrFNO/c10-7-5-4-6-2-1-3-8(11)12(6)9(7)13/h1-5H. The van der Waals surface area contributed by atoms with E-state index in [1.807, 2.05) is 0 Å². The van der Waals surface area contributed by atoms with Gasteiger partial charge < -0.3 is 0 Å². The van der Waals surface area contributed by atoms with Crippen LogP contribution in [0.15, 0.2) is 39.6 Å². The molecule has 0 aromatic carbocycles. The zero-order valence-corrected chi connectivity index (χ0v) is 8.08. The Labute approximate surface area is 81.8 Å². The van der Waals surface area contributed by atoms with Crippen LogP contribution in [0.5, 0.6) is 0 Å². The first kappa shape index (κ1) is 8.44. The van der Waals surface area contributed by atoms with Crippen LogP contribution in [0.3, 0.4) is 0 Å². The summed E-state index contributed by atoms with van der Waals surface area (Å²) in [6.45, 7) is 0. The predicted octanol–water partition coefficient (Wildman–Crippen LogP) is 2.20. The number of pyridine rings is 2. The highest BCUT2D eigenvalue weighted by molar-refractivity contribution is 9.10. The third-order valence-electron chi connectivity index (χ3n) is 1.78. The van der Waals surface area contributed by atoms with E-state index in [2.05, 4.69) is 15.9 Å². The highest BCUT2D eigenvalue weighted by Crippen LogP contribution is 2.08. The first-order valence-electron chi connectivity index (χ1n) is 3.66. The maximum absolute atomic E-state index is 13.2. The number of hydrogen-bond donors (Lipinski definition) is 0. The summed E-state index contributed by atoms with van der Waals surface area (Å²) < 4.78 is 14.5. The Morgan fingerprint density at radius 1 is 1.23 bits per heavy atom. The maximum Gasteiger partial charge on any atom is 0.271 e. The highest BCUT2D eigenvalue weighted by atomic mass is 79.9. The van der Waals surface area contributed by atoms with Crippen molar-refractivity contribution in [3.63, 3.8) is 0 Å². The second-order valence-electron chi connectivity index (χ2n) is 2.60. The van der Waals surface area contributed by atoms with Crippen molar-refractivity contribution in [3.05, 3.63) is 51.1 Å². The topological polar surface area (TPSA) is 21.5 Å². The lowest BCUT2D eigenvalue weighted by molar-refractivity contribution is 0.561. The van der Waals surface area contributed by atoms with Gasteiger partial charge in [-0.25, -0.2) is 0 Å². The summed E-state index contributed by atoms with van der Waals surface area (Å²) in [5.74, 6) is -0.552. The van der Waals surface area contributed by atoms with Gasteiger partial charge >= 0.3 is 0 Å². The van der Waals surface area contributed by atoms with Crippen LogP contribution in [-0.2, 0) is 0 Å². The Morgan fingerprint density at radius 2 is 2.00 bits per heavy atom. The lowest BCUT2D eigenvalue weighted by Gasteiger charge is -2.01. The summed E-state index contributed by atoms with van der Waals surface area (Å²) in [5.41, 5.74) is 0.170. The van der Waals surface area contributed by atoms with Crippen molar-refractivity contribution < 1.29 is 4.39 Å². The molecular formula is C9H5BrFNO. The van der Waals surface area contributed by atoms with Crippen LogP contribution < -0.4 is 5.56 Å². The van der Waals surface area contributed by atoms with Gasteiger partial charge in [-0.1, -0.05) is 6.07 Å². The molecule has 2 heterocycles. The first-order chi connectivity index (χ1) is 6.20. The van der Waals surface area contributed by atoms with Crippen LogP contribution in [0.2, 0.25) is 0 Å². The van der Waals surface area contributed by atoms with Gasteiger partial charge in [0.05, 0.1) is 9.99 Å². The molecule has 2 aromatic heterocycles. The van der Waals surface area contributed by atoms with Crippen LogP contribution in [-0.4, -0.2) is 4.40 Å². The summed E-state index contributed by atoms with van der Waals surface area (Å²) in [4.78, 5) is 11.4. The minimum atomic E-state index is -0.552. The van der Waals surface area contributed by atoms with Gasteiger partial charge in [0, 0.05) is 0 Å².